The number of aldehydes is 1. The third kappa shape index (κ3) is 3.82. The second kappa shape index (κ2) is 5.42. The summed E-state index contributed by atoms with van der Waals surface area (Å²) in [6.45, 7) is 1.73. The normalized spacial score (nSPS) is 11.8. The van der Waals surface area contributed by atoms with E-state index in [0.717, 1.165) is 0 Å². The Bertz CT molecular complexity index is 190. The highest BCUT2D eigenvalue weighted by Gasteiger charge is 2.17. The maximum absolute atomic E-state index is 10.8. The lowest BCUT2D eigenvalue weighted by molar-refractivity contribution is -0.153. The highest BCUT2D eigenvalue weighted by Crippen LogP contribution is 1.90. The Kier molecular flexibility index (Phi) is 4.87. The van der Waals surface area contributed by atoms with Crippen LogP contribution in [-0.2, 0) is 19.1 Å². The number of carbonyl (C=O) groups excluding carboxylic acids is 3. The molecule has 0 rings (SSSR count). The van der Waals surface area contributed by atoms with Crippen molar-refractivity contribution in [1.29, 1.82) is 0 Å². The van der Waals surface area contributed by atoms with E-state index >= 15 is 0 Å². The molecule has 0 fully saturated rings. The van der Waals surface area contributed by atoms with Gasteiger partial charge in [0.05, 0.1) is 12.6 Å². The summed E-state index contributed by atoms with van der Waals surface area (Å²) in [5, 5.41) is 0. The van der Waals surface area contributed by atoms with E-state index in [0.29, 0.717) is 6.29 Å². The summed E-state index contributed by atoms with van der Waals surface area (Å²) >= 11 is 0. The van der Waals surface area contributed by atoms with E-state index < -0.39 is 17.8 Å². The highest BCUT2D eigenvalue weighted by molar-refractivity contribution is 6.34. The van der Waals surface area contributed by atoms with Crippen molar-refractivity contribution in [3.63, 3.8) is 0 Å². The number of Topliss-reactive ketones (excluding diaryl/α,β-unsaturated/α-hetero) is 1. The summed E-state index contributed by atoms with van der Waals surface area (Å²) in [7, 11) is 0. The lowest BCUT2D eigenvalue weighted by Crippen LogP contribution is -2.29. The average Bonchev–Trinajstić information content (AvgIpc) is 2.04. The largest absolute Gasteiger partial charge is 0.460 e. The van der Waals surface area contributed by atoms with Gasteiger partial charge in [0.2, 0.25) is 5.78 Å². The first-order valence-corrected chi connectivity index (χ1v) is 3.52. The lowest BCUT2D eigenvalue weighted by Gasteiger charge is -2.01. The van der Waals surface area contributed by atoms with Gasteiger partial charge in [-0.3, -0.25) is 4.79 Å². The van der Waals surface area contributed by atoms with Gasteiger partial charge in [-0.1, -0.05) is 0 Å². The smallest absolute Gasteiger partial charge is 0.374 e. The van der Waals surface area contributed by atoms with Crippen molar-refractivity contribution in [2.75, 3.05) is 6.61 Å². The van der Waals surface area contributed by atoms with Crippen molar-refractivity contribution >= 4 is 18.0 Å². The molecule has 0 amide bonds. The molecule has 0 aromatic heterocycles. The maximum atomic E-state index is 10.8. The van der Waals surface area contributed by atoms with Gasteiger partial charge in [-0.2, -0.15) is 0 Å². The predicted octanol–water partition coefficient (Wildman–Crippen LogP) is -0.965. The van der Waals surface area contributed by atoms with Crippen LogP contribution in [0.5, 0.6) is 0 Å². The summed E-state index contributed by atoms with van der Waals surface area (Å²) in [4.78, 5) is 31.4. The molecule has 68 valence electrons. The standard InChI is InChI=1S/C7H11NO4/c1-2-12-7(11)6(10)3-5(8)4-9/h4-5H,2-3,8H2,1H3. The molecule has 0 spiro atoms. The van der Waals surface area contributed by atoms with Gasteiger partial charge in [0.25, 0.3) is 0 Å². The molecule has 0 aliphatic rings. The van der Waals surface area contributed by atoms with Gasteiger partial charge in [0, 0.05) is 6.42 Å². The summed E-state index contributed by atoms with van der Waals surface area (Å²) in [6.07, 6.45) is 0.124. The zero-order valence-corrected chi connectivity index (χ0v) is 6.78. The topological polar surface area (TPSA) is 86.5 Å². The first kappa shape index (κ1) is 10.8. The molecule has 0 saturated carbocycles. The second-order valence-electron chi connectivity index (χ2n) is 2.15. The van der Waals surface area contributed by atoms with Crippen LogP contribution in [0.2, 0.25) is 0 Å². The minimum absolute atomic E-state index is 0.140. The number of ether oxygens (including phenoxy) is 1. The summed E-state index contributed by atoms with van der Waals surface area (Å²) in [6, 6.07) is -0.915. The fraction of sp³-hybridized carbons (Fsp3) is 0.571. The van der Waals surface area contributed by atoms with Crippen molar-refractivity contribution in [3.05, 3.63) is 0 Å². The molecule has 0 radical (unpaired) electrons. The molecule has 0 aromatic rings. The third-order valence-electron chi connectivity index (χ3n) is 1.10. The van der Waals surface area contributed by atoms with Crippen LogP contribution in [0.3, 0.4) is 0 Å². The van der Waals surface area contributed by atoms with E-state index in [1.807, 2.05) is 0 Å². The Labute approximate surface area is 69.9 Å². The average molecular weight is 173 g/mol. The molecule has 0 aliphatic carbocycles. The number of esters is 1. The van der Waals surface area contributed by atoms with E-state index in [2.05, 4.69) is 4.74 Å². The molecular weight excluding hydrogens is 162 g/mol. The van der Waals surface area contributed by atoms with Gasteiger partial charge in [-0.05, 0) is 6.92 Å². The molecule has 1 unspecified atom stereocenters. The van der Waals surface area contributed by atoms with Crippen molar-refractivity contribution in [1.82, 2.24) is 0 Å². The molecule has 0 aromatic carbocycles. The van der Waals surface area contributed by atoms with Crippen LogP contribution in [-0.4, -0.2) is 30.7 Å². The molecule has 0 bridgehead atoms. The molecule has 5 heteroatoms. The van der Waals surface area contributed by atoms with Crippen LogP contribution < -0.4 is 5.73 Å². The second-order valence-corrected chi connectivity index (χ2v) is 2.15. The summed E-state index contributed by atoms with van der Waals surface area (Å²) < 4.78 is 4.39. The van der Waals surface area contributed by atoms with E-state index in [-0.39, 0.29) is 13.0 Å². The monoisotopic (exact) mass is 173 g/mol. The van der Waals surface area contributed by atoms with E-state index in [1.165, 1.54) is 0 Å². The fourth-order valence-electron chi connectivity index (χ4n) is 0.557. The molecule has 0 aliphatic heterocycles. The lowest BCUT2D eigenvalue weighted by atomic mass is 10.2. The Morgan fingerprint density at radius 3 is 2.58 bits per heavy atom. The molecule has 5 nitrogen and oxygen atoms in total. The van der Waals surface area contributed by atoms with Gasteiger partial charge < -0.3 is 15.3 Å². The number of hydrogen-bond donors (Lipinski definition) is 1. The number of ketones is 1. The van der Waals surface area contributed by atoms with Crippen molar-refractivity contribution < 1.29 is 19.1 Å². The van der Waals surface area contributed by atoms with Gasteiger partial charge in [0.1, 0.15) is 6.29 Å². The molecule has 2 N–H and O–H groups in total. The third-order valence-corrected chi connectivity index (χ3v) is 1.10. The first-order chi connectivity index (χ1) is 5.61. The first-order valence-electron chi connectivity index (χ1n) is 3.52. The van der Waals surface area contributed by atoms with Gasteiger partial charge in [-0.25, -0.2) is 4.79 Å². The van der Waals surface area contributed by atoms with Crippen molar-refractivity contribution in [2.24, 2.45) is 5.73 Å². The SMILES string of the molecule is CCOC(=O)C(=O)CC(N)C=O. The van der Waals surface area contributed by atoms with Crippen LogP contribution in [0, 0.1) is 0 Å². The number of carbonyl (C=O) groups is 3. The number of rotatable bonds is 5. The van der Waals surface area contributed by atoms with Crippen molar-refractivity contribution in [3.8, 4) is 0 Å². The Hall–Kier alpha value is -1.23. The highest BCUT2D eigenvalue weighted by atomic mass is 16.5. The van der Waals surface area contributed by atoms with Crippen LogP contribution >= 0.6 is 0 Å². The minimum Gasteiger partial charge on any atom is -0.460 e. The van der Waals surface area contributed by atoms with Crippen LogP contribution in [0.15, 0.2) is 0 Å². The van der Waals surface area contributed by atoms with Crippen LogP contribution in [0.4, 0.5) is 0 Å². The molecule has 0 saturated heterocycles. The van der Waals surface area contributed by atoms with E-state index in [9.17, 15) is 14.4 Å². The van der Waals surface area contributed by atoms with Crippen molar-refractivity contribution in [2.45, 2.75) is 19.4 Å². The number of hydrogen-bond acceptors (Lipinski definition) is 5. The fourth-order valence-corrected chi connectivity index (χ4v) is 0.557. The van der Waals surface area contributed by atoms with E-state index in [4.69, 9.17) is 5.73 Å². The molecule has 1 atom stereocenters. The van der Waals surface area contributed by atoms with Gasteiger partial charge in [0.15, 0.2) is 0 Å². The maximum Gasteiger partial charge on any atom is 0.374 e. The molecule has 0 heterocycles. The summed E-state index contributed by atoms with van der Waals surface area (Å²) in [5.41, 5.74) is 5.11. The van der Waals surface area contributed by atoms with Gasteiger partial charge in [-0.15, -0.1) is 0 Å². The zero-order valence-electron chi connectivity index (χ0n) is 6.78. The number of nitrogens with two attached hydrogens (primary N) is 1. The zero-order chi connectivity index (χ0) is 9.56. The van der Waals surface area contributed by atoms with Crippen LogP contribution in [0.25, 0.3) is 0 Å². The van der Waals surface area contributed by atoms with Crippen LogP contribution in [0.1, 0.15) is 13.3 Å². The molecular formula is C7H11NO4. The predicted molar refractivity (Wildman–Crippen MR) is 40.3 cm³/mol. The van der Waals surface area contributed by atoms with E-state index in [1.54, 1.807) is 6.92 Å². The summed E-state index contributed by atoms with van der Waals surface area (Å²) in [5.74, 6) is -1.70. The Morgan fingerprint density at radius 2 is 2.17 bits per heavy atom. The minimum atomic E-state index is -0.935. The quantitative estimate of drug-likeness (QED) is 0.328. The Balaban J connectivity index is 3.86. The van der Waals surface area contributed by atoms with Gasteiger partial charge >= 0.3 is 5.97 Å². The Morgan fingerprint density at radius 1 is 1.58 bits per heavy atom. The molecule has 12 heavy (non-hydrogen) atoms.